The molecular weight excluding hydrogens is 737 g/mol. The molecule has 0 N–H and O–H groups in total. The monoisotopic (exact) mass is 774 g/mol. The van der Waals surface area contributed by atoms with Gasteiger partial charge in [-0.3, -0.25) is 0 Å². The Morgan fingerprint density at radius 1 is 0.361 bits per heavy atom. The first-order chi connectivity index (χ1) is 30.3. The molecule has 0 fully saturated rings. The highest BCUT2D eigenvalue weighted by Gasteiger charge is 2.52. The van der Waals surface area contributed by atoms with Crippen LogP contribution >= 0.6 is 0 Å². The van der Waals surface area contributed by atoms with Gasteiger partial charge >= 0.3 is 0 Å². The summed E-state index contributed by atoms with van der Waals surface area (Å²) in [4.78, 5) is 2.54. The first-order valence-corrected chi connectivity index (χ1v) is 21.2. The van der Waals surface area contributed by atoms with Crippen LogP contribution in [0.1, 0.15) is 22.3 Å². The molecule has 0 amide bonds. The largest absolute Gasteiger partial charge is 0.309 e. The van der Waals surface area contributed by atoms with E-state index >= 15 is 0 Å². The van der Waals surface area contributed by atoms with Crippen LogP contribution in [0, 0.1) is 0 Å². The maximum absolute atomic E-state index is 2.54. The number of aromatic nitrogens is 1. The quantitative estimate of drug-likeness (QED) is 0.169. The van der Waals surface area contributed by atoms with E-state index in [1.807, 2.05) is 0 Å². The SMILES string of the molecule is c1ccc(-c2ccccc2N(c2ccc3c(c2)C2(c4ccccc4-c4ccccc42)c2c-3ccc3ccccc23)c2cccc3c2c2ccccc2n3-c2ccccc2)cc1. The van der Waals surface area contributed by atoms with Gasteiger partial charge in [0, 0.05) is 27.7 Å². The molecule has 2 nitrogen and oxygen atoms in total. The molecule has 1 heterocycles. The van der Waals surface area contributed by atoms with Crippen molar-refractivity contribution in [3.63, 3.8) is 0 Å². The minimum atomic E-state index is -0.519. The Morgan fingerprint density at radius 3 is 1.72 bits per heavy atom. The third kappa shape index (κ3) is 4.67. The van der Waals surface area contributed by atoms with Crippen LogP contribution in [0.3, 0.4) is 0 Å². The molecule has 13 rings (SSSR count). The van der Waals surface area contributed by atoms with Crippen LogP contribution in [0.4, 0.5) is 17.1 Å². The molecule has 61 heavy (non-hydrogen) atoms. The second-order valence-electron chi connectivity index (χ2n) is 16.4. The molecule has 0 atom stereocenters. The maximum atomic E-state index is 2.54. The molecular formula is C59H38N2. The highest BCUT2D eigenvalue weighted by atomic mass is 15.2. The predicted octanol–water partition coefficient (Wildman–Crippen LogP) is 15.4. The Bertz CT molecular complexity index is 3500. The molecule has 0 aliphatic heterocycles. The molecule has 0 radical (unpaired) electrons. The van der Waals surface area contributed by atoms with Crippen molar-refractivity contribution in [2.75, 3.05) is 4.90 Å². The lowest BCUT2D eigenvalue weighted by Crippen LogP contribution is -2.26. The van der Waals surface area contributed by atoms with E-state index in [1.54, 1.807) is 0 Å². The van der Waals surface area contributed by atoms with Crippen LogP contribution < -0.4 is 4.90 Å². The van der Waals surface area contributed by atoms with Gasteiger partial charge in [-0.05, 0) is 109 Å². The van der Waals surface area contributed by atoms with Gasteiger partial charge in [-0.25, -0.2) is 0 Å². The van der Waals surface area contributed by atoms with Crippen molar-refractivity contribution in [2.24, 2.45) is 0 Å². The van der Waals surface area contributed by atoms with Crippen LogP contribution in [0.25, 0.3) is 71.6 Å². The van der Waals surface area contributed by atoms with E-state index in [-0.39, 0.29) is 0 Å². The highest BCUT2D eigenvalue weighted by Crippen LogP contribution is 2.65. The molecule has 10 aromatic carbocycles. The molecule has 0 bridgehead atoms. The molecule has 2 aliphatic rings. The Balaban J connectivity index is 1.16. The van der Waals surface area contributed by atoms with Crippen molar-refractivity contribution in [1.82, 2.24) is 4.57 Å². The lowest BCUT2D eigenvalue weighted by molar-refractivity contribution is 0.801. The lowest BCUT2D eigenvalue weighted by Gasteiger charge is -2.33. The zero-order valence-corrected chi connectivity index (χ0v) is 33.3. The number of para-hydroxylation sites is 3. The van der Waals surface area contributed by atoms with Crippen molar-refractivity contribution >= 4 is 49.6 Å². The Kier molecular flexibility index (Phi) is 7.26. The summed E-state index contributed by atoms with van der Waals surface area (Å²) in [5.74, 6) is 0. The van der Waals surface area contributed by atoms with Crippen molar-refractivity contribution < 1.29 is 0 Å². The normalized spacial score (nSPS) is 13.0. The van der Waals surface area contributed by atoms with E-state index in [0.29, 0.717) is 0 Å². The summed E-state index contributed by atoms with van der Waals surface area (Å²) in [7, 11) is 0. The fourth-order valence-corrected chi connectivity index (χ4v) is 11.0. The first kappa shape index (κ1) is 34.0. The van der Waals surface area contributed by atoms with Gasteiger partial charge in [-0.1, -0.05) is 182 Å². The standard InChI is InChI=1S/C59H38N2/c1-3-18-39(19-4-1)43-23-11-15-30-53(43)61(56-33-17-32-55-57(56)49-27-12-16-31-54(49)60(55)41-21-5-2-6-22-41)42-35-37-47-48-36-34-40-20-7-8-24-44(40)58(48)59(52(47)38-42)50-28-13-9-25-45(50)46-26-10-14-29-51(46)59/h1-38H. The van der Waals surface area contributed by atoms with E-state index in [0.717, 1.165) is 22.7 Å². The summed E-state index contributed by atoms with van der Waals surface area (Å²) in [5.41, 5.74) is 19.3. The minimum absolute atomic E-state index is 0.519. The molecule has 0 saturated heterocycles. The third-order valence-electron chi connectivity index (χ3n) is 13.4. The Labute approximate surface area is 354 Å². The number of nitrogens with zero attached hydrogens (tertiary/aromatic N) is 2. The second-order valence-corrected chi connectivity index (χ2v) is 16.4. The Hall–Kier alpha value is -7.94. The van der Waals surface area contributed by atoms with E-state index in [4.69, 9.17) is 0 Å². The summed E-state index contributed by atoms with van der Waals surface area (Å²) >= 11 is 0. The molecule has 284 valence electrons. The topological polar surface area (TPSA) is 8.17 Å². The number of hydrogen-bond donors (Lipinski definition) is 0. The summed E-state index contributed by atoms with van der Waals surface area (Å²) in [6.45, 7) is 0. The van der Waals surface area contributed by atoms with Gasteiger partial charge in [0.1, 0.15) is 0 Å². The molecule has 0 saturated carbocycles. The van der Waals surface area contributed by atoms with Gasteiger partial charge in [0.05, 0.1) is 27.8 Å². The van der Waals surface area contributed by atoms with Crippen LogP contribution in [0.2, 0.25) is 0 Å². The van der Waals surface area contributed by atoms with Crippen LogP contribution in [-0.2, 0) is 5.41 Å². The molecule has 1 aromatic heterocycles. The van der Waals surface area contributed by atoms with Crippen LogP contribution in [0.15, 0.2) is 231 Å². The molecule has 1 spiro atoms. The number of benzene rings is 10. The zero-order chi connectivity index (χ0) is 40.1. The number of fused-ring (bicyclic) bond motifs is 15. The predicted molar refractivity (Wildman–Crippen MR) is 255 cm³/mol. The highest BCUT2D eigenvalue weighted by molar-refractivity contribution is 6.17. The summed E-state index contributed by atoms with van der Waals surface area (Å²) in [5, 5.41) is 4.99. The van der Waals surface area contributed by atoms with Gasteiger partial charge in [0.25, 0.3) is 0 Å². The fourth-order valence-electron chi connectivity index (χ4n) is 11.0. The molecule has 0 unspecified atom stereocenters. The average Bonchev–Trinajstić information content (AvgIpc) is 3.94. The van der Waals surface area contributed by atoms with Gasteiger partial charge < -0.3 is 9.47 Å². The van der Waals surface area contributed by atoms with Gasteiger partial charge in [-0.15, -0.1) is 0 Å². The van der Waals surface area contributed by atoms with Crippen LogP contribution in [-0.4, -0.2) is 4.57 Å². The lowest BCUT2D eigenvalue weighted by atomic mass is 9.69. The minimum Gasteiger partial charge on any atom is -0.309 e. The first-order valence-electron chi connectivity index (χ1n) is 21.2. The van der Waals surface area contributed by atoms with E-state index in [2.05, 4.69) is 240 Å². The third-order valence-corrected chi connectivity index (χ3v) is 13.4. The van der Waals surface area contributed by atoms with Crippen LogP contribution in [0.5, 0.6) is 0 Å². The Morgan fingerprint density at radius 2 is 0.934 bits per heavy atom. The summed E-state index contributed by atoms with van der Waals surface area (Å²) < 4.78 is 2.42. The second kappa shape index (κ2) is 13.0. The summed E-state index contributed by atoms with van der Waals surface area (Å²) in [6.07, 6.45) is 0. The fraction of sp³-hybridized carbons (Fsp3) is 0.0169. The van der Waals surface area contributed by atoms with E-state index in [9.17, 15) is 0 Å². The maximum Gasteiger partial charge on any atom is 0.0732 e. The summed E-state index contributed by atoms with van der Waals surface area (Å²) in [6, 6.07) is 85.4. The molecule has 2 aliphatic carbocycles. The van der Waals surface area contributed by atoms with Crippen molar-refractivity contribution in [1.29, 1.82) is 0 Å². The smallest absolute Gasteiger partial charge is 0.0732 e. The van der Waals surface area contributed by atoms with Crippen molar-refractivity contribution in [3.05, 3.63) is 253 Å². The van der Waals surface area contributed by atoms with Crippen molar-refractivity contribution in [2.45, 2.75) is 5.41 Å². The molecule has 2 heteroatoms. The number of anilines is 3. The van der Waals surface area contributed by atoms with Gasteiger partial charge in [0.2, 0.25) is 0 Å². The molecule has 11 aromatic rings. The number of hydrogen-bond acceptors (Lipinski definition) is 1. The van der Waals surface area contributed by atoms with Gasteiger partial charge in [0.15, 0.2) is 0 Å². The van der Waals surface area contributed by atoms with E-state index < -0.39 is 5.41 Å². The van der Waals surface area contributed by atoms with Gasteiger partial charge in [-0.2, -0.15) is 0 Å². The zero-order valence-electron chi connectivity index (χ0n) is 33.3. The number of rotatable bonds is 5. The van der Waals surface area contributed by atoms with Crippen molar-refractivity contribution in [3.8, 4) is 39.1 Å². The van der Waals surface area contributed by atoms with E-state index in [1.165, 1.54) is 88.2 Å². The average molecular weight is 775 g/mol.